The van der Waals surface area contributed by atoms with Crippen molar-refractivity contribution < 1.29 is 13.2 Å². The first-order valence-corrected chi connectivity index (χ1v) is 8.17. The third kappa shape index (κ3) is 5.57. The molecule has 0 atom stereocenters. The van der Waals surface area contributed by atoms with E-state index in [1.165, 1.54) is 0 Å². The normalized spacial score (nSPS) is 11.8. The SMILES string of the molecule is CCNCc1ccc(OCCS(=O)(=O)C(C)C)cn1. The van der Waals surface area contributed by atoms with Gasteiger partial charge >= 0.3 is 0 Å². The Labute approximate surface area is 115 Å². The van der Waals surface area contributed by atoms with E-state index in [4.69, 9.17) is 4.74 Å². The maximum absolute atomic E-state index is 11.6. The van der Waals surface area contributed by atoms with Gasteiger partial charge in [-0.25, -0.2) is 8.42 Å². The van der Waals surface area contributed by atoms with Crippen molar-refractivity contribution >= 4 is 9.84 Å². The summed E-state index contributed by atoms with van der Waals surface area (Å²) in [5, 5.41) is 2.81. The van der Waals surface area contributed by atoms with Crippen LogP contribution in [0.2, 0.25) is 0 Å². The number of hydrogen-bond acceptors (Lipinski definition) is 5. The maximum Gasteiger partial charge on any atom is 0.155 e. The molecule has 1 heterocycles. The molecule has 0 aliphatic heterocycles. The topological polar surface area (TPSA) is 68.3 Å². The van der Waals surface area contributed by atoms with Crippen LogP contribution in [0.4, 0.5) is 0 Å². The minimum Gasteiger partial charge on any atom is -0.491 e. The van der Waals surface area contributed by atoms with Crippen molar-refractivity contribution in [2.24, 2.45) is 0 Å². The van der Waals surface area contributed by atoms with E-state index in [9.17, 15) is 8.42 Å². The average molecular weight is 286 g/mol. The average Bonchev–Trinajstić information content (AvgIpc) is 2.37. The molecule has 0 aromatic carbocycles. The first-order valence-electron chi connectivity index (χ1n) is 6.45. The quantitative estimate of drug-likeness (QED) is 0.782. The van der Waals surface area contributed by atoms with E-state index in [0.29, 0.717) is 5.75 Å². The molecule has 1 rings (SSSR count). The van der Waals surface area contributed by atoms with Gasteiger partial charge in [-0.15, -0.1) is 0 Å². The Balaban J connectivity index is 2.42. The van der Waals surface area contributed by atoms with Gasteiger partial charge in [0.05, 0.1) is 22.9 Å². The van der Waals surface area contributed by atoms with Crippen LogP contribution in [-0.4, -0.2) is 37.6 Å². The number of rotatable bonds is 8. The second-order valence-corrected chi connectivity index (χ2v) is 7.21. The number of pyridine rings is 1. The van der Waals surface area contributed by atoms with Crippen molar-refractivity contribution in [3.05, 3.63) is 24.0 Å². The van der Waals surface area contributed by atoms with Crippen LogP contribution in [-0.2, 0) is 16.4 Å². The van der Waals surface area contributed by atoms with Gasteiger partial charge in [0.25, 0.3) is 0 Å². The van der Waals surface area contributed by atoms with Gasteiger partial charge in [0.1, 0.15) is 12.4 Å². The third-order valence-electron chi connectivity index (χ3n) is 2.71. The Bertz CT molecular complexity index is 469. The molecule has 0 unspecified atom stereocenters. The summed E-state index contributed by atoms with van der Waals surface area (Å²) in [4.78, 5) is 4.23. The van der Waals surface area contributed by atoms with Crippen LogP contribution < -0.4 is 10.1 Å². The van der Waals surface area contributed by atoms with Gasteiger partial charge < -0.3 is 10.1 Å². The highest BCUT2D eigenvalue weighted by atomic mass is 32.2. The predicted molar refractivity (Wildman–Crippen MR) is 76.0 cm³/mol. The number of nitrogens with one attached hydrogen (secondary N) is 1. The van der Waals surface area contributed by atoms with Crippen molar-refractivity contribution in [1.29, 1.82) is 0 Å². The van der Waals surface area contributed by atoms with Gasteiger partial charge in [-0.1, -0.05) is 6.92 Å². The lowest BCUT2D eigenvalue weighted by Crippen LogP contribution is -2.22. The largest absolute Gasteiger partial charge is 0.491 e. The summed E-state index contributed by atoms with van der Waals surface area (Å²) in [6.07, 6.45) is 1.62. The third-order valence-corrected chi connectivity index (χ3v) is 4.88. The van der Waals surface area contributed by atoms with Crippen LogP contribution in [0, 0.1) is 0 Å². The van der Waals surface area contributed by atoms with Crippen molar-refractivity contribution in [2.45, 2.75) is 32.6 Å². The Morgan fingerprint density at radius 2 is 2.11 bits per heavy atom. The van der Waals surface area contributed by atoms with Gasteiger partial charge in [0.15, 0.2) is 9.84 Å². The first-order chi connectivity index (χ1) is 8.95. The van der Waals surface area contributed by atoms with Gasteiger partial charge in [0.2, 0.25) is 0 Å². The summed E-state index contributed by atoms with van der Waals surface area (Å²) in [6.45, 7) is 7.16. The zero-order valence-corrected chi connectivity index (χ0v) is 12.5. The molecule has 19 heavy (non-hydrogen) atoms. The second kappa shape index (κ2) is 7.45. The van der Waals surface area contributed by atoms with Crippen molar-refractivity contribution in [3.63, 3.8) is 0 Å². The zero-order valence-electron chi connectivity index (χ0n) is 11.7. The Morgan fingerprint density at radius 1 is 1.37 bits per heavy atom. The molecule has 0 amide bonds. The van der Waals surface area contributed by atoms with Crippen LogP contribution in [0.1, 0.15) is 26.5 Å². The first kappa shape index (κ1) is 15.9. The number of sulfone groups is 1. The van der Waals surface area contributed by atoms with E-state index in [1.54, 1.807) is 20.0 Å². The van der Waals surface area contributed by atoms with E-state index < -0.39 is 9.84 Å². The molecule has 5 nitrogen and oxygen atoms in total. The van der Waals surface area contributed by atoms with Crippen LogP contribution in [0.5, 0.6) is 5.75 Å². The second-order valence-electron chi connectivity index (χ2n) is 4.53. The zero-order chi connectivity index (χ0) is 14.3. The highest BCUT2D eigenvalue weighted by Gasteiger charge is 2.15. The van der Waals surface area contributed by atoms with Crippen LogP contribution in [0.25, 0.3) is 0 Å². The van der Waals surface area contributed by atoms with Crippen LogP contribution in [0.3, 0.4) is 0 Å². The molecule has 0 aliphatic carbocycles. The van der Waals surface area contributed by atoms with Gasteiger partial charge in [-0.3, -0.25) is 4.98 Å². The molecule has 108 valence electrons. The molecule has 0 spiro atoms. The molecule has 6 heteroatoms. The smallest absolute Gasteiger partial charge is 0.155 e. The maximum atomic E-state index is 11.6. The molecule has 0 aliphatic rings. The van der Waals surface area contributed by atoms with Crippen LogP contribution in [0.15, 0.2) is 18.3 Å². The monoisotopic (exact) mass is 286 g/mol. The van der Waals surface area contributed by atoms with E-state index in [1.807, 2.05) is 19.1 Å². The summed E-state index contributed by atoms with van der Waals surface area (Å²) in [5.41, 5.74) is 0.934. The Hall–Kier alpha value is -1.14. The minimum absolute atomic E-state index is 0.0316. The number of ether oxygens (including phenoxy) is 1. The Kier molecular flexibility index (Phi) is 6.24. The molecule has 0 bridgehead atoms. The van der Waals surface area contributed by atoms with E-state index in [2.05, 4.69) is 10.3 Å². The van der Waals surface area contributed by atoms with E-state index >= 15 is 0 Å². The van der Waals surface area contributed by atoms with Crippen molar-refractivity contribution in [2.75, 3.05) is 18.9 Å². The highest BCUT2D eigenvalue weighted by Crippen LogP contribution is 2.10. The standard InChI is InChI=1S/C13H22N2O3S/c1-4-14-9-12-5-6-13(10-15-12)18-7-8-19(16,17)11(2)3/h5-6,10-11,14H,4,7-9H2,1-3H3. The van der Waals surface area contributed by atoms with Crippen LogP contribution >= 0.6 is 0 Å². The lowest BCUT2D eigenvalue weighted by Gasteiger charge is -2.09. The number of aromatic nitrogens is 1. The lowest BCUT2D eigenvalue weighted by molar-refractivity contribution is 0.339. The molecule has 0 saturated carbocycles. The highest BCUT2D eigenvalue weighted by molar-refractivity contribution is 7.91. The summed E-state index contributed by atoms with van der Waals surface area (Å²) in [5.74, 6) is 0.628. The van der Waals surface area contributed by atoms with Gasteiger partial charge in [0, 0.05) is 6.54 Å². The van der Waals surface area contributed by atoms with Gasteiger partial charge in [-0.05, 0) is 32.5 Å². The fourth-order valence-corrected chi connectivity index (χ4v) is 2.15. The summed E-state index contributed by atoms with van der Waals surface area (Å²) >= 11 is 0. The Morgan fingerprint density at radius 3 is 2.63 bits per heavy atom. The summed E-state index contributed by atoms with van der Waals surface area (Å²) in [6, 6.07) is 3.68. The van der Waals surface area contributed by atoms with Crippen molar-refractivity contribution in [1.82, 2.24) is 10.3 Å². The van der Waals surface area contributed by atoms with E-state index in [-0.39, 0.29) is 17.6 Å². The minimum atomic E-state index is -3.04. The fourth-order valence-electron chi connectivity index (χ4n) is 1.37. The van der Waals surface area contributed by atoms with Gasteiger partial charge in [-0.2, -0.15) is 0 Å². The number of hydrogen-bond donors (Lipinski definition) is 1. The predicted octanol–water partition coefficient (Wildman–Crippen LogP) is 1.39. The van der Waals surface area contributed by atoms with Crippen molar-refractivity contribution in [3.8, 4) is 5.75 Å². The fraction of sp³-hybridized carbons (Fsp3) is 0.615. The molecular formula is C13H22N2O3S. The molecule has 1 aromatic rings. The molecule has 0 radical (unpaired) electrons. The molecular weight excluding hydrogens is 264 g/mol. The lowest BCUT2D eigenvalue weighted by atomic mass is 10.3. The molecule has 0 fully saturated rings. The van der Waals surface area contributed by atoms with E-state index in [0.717, 1.165) is 18.8 Å². The summed E-state index contributed by atoms with van der Waals surface area (Å²) < 4.78 is 28.6. The molecule has 1 aromatic heterocycles. The molecule has 1 N–H and O–H groups in total. The number of nitrogens with zero attached hydrogens (tertiary/aromatic N) is 1. The molecule has 0 saturated heterocycles. The summed E-state index contributed by atoms with van der Waals surface area (Å²) in [7, 11) is -3.04.